The molecular weight excluding hydrogens is 212 g/mol. The molecule has 0 aromatic rings. The van der Waals surface area contributed by atoms with Crippen LogP contribution in [0.15, 0.2) is 0 Å². The van der Waals surface area contributed by atoms with E-state index in [1.165, 1.54) is 38.9 Å². The van der Waals surface area contributed by atoms with E-state index in [0.29, 0.717) is 12.1 Å². The molecule has 0 amide bonds. The Morgan fingerprint density at radius 2 is 1.94 bits per heavy atom. The number of rotatable bonds is 7. The van der Waals surface area contributed by atoms with Gasteiger partial charge in [-0.3, -0.25) is 0 Å². The third kappa shape index (κ3) is 5.36. The third-order valence-corrected chi connectivity index (χ3v) is 4.01. The Hall–Kier alpha value is -0.120. The Labute approximate surface area is 107 Å². The quantitative estimate of drug-likeness (QED) is 0.740. The first-order chi connectivity index (χ1) is 8.17. The molecule has 1 rings (SSSR count). The Bertz CT molecular complexity index is 191. The van der Waals surface area contributed by atoms with Crippen molar-refractivity contribution in [3.63, 3.8) is 0 Å². The van der Waals surface area contributed by atoms with Crippen molar-refractivity contribution in [2.45, 2.75) is 52.2 Å². The van der Waals surface area contributed by atoms with Crippen molar-refractivity contribution in [2.75, 3.05) is 33.3 Å². The highest BCUT2D eigenvalue weighted by molar-refractivity contribution is 4.79. The second-order valence-electron chi connectivity index (χ2n) is 5.42. The summed E-state index contributed by atoms with van der Waals surface area (Å²) in [7, 11) is 1.78. The van der Waals surface area contributed by atoms with Gasteiger partial charge in [-0.05, 0) is 58.7 Å². The van der Waals surface area contributed by atoms with Crippen LogP contribution in [0.25, 0.3) is 0 Å². The fourth-order valence-electron chi connectivity index (χ4n) is 2.59. The molecule has 0 aliphatic carbocycles. The molecule has 2 unspecified atom stereocenters. The van der Waals surface area contributed by atoms with Gasteiger partial charge in [0.25, 0.3) is 0 Å². The van der Waals surface area contributed by atoms with Crippen LogP contribution in [0.4, 0.5) is 0 Å². The van der Waals surface area contributed by atoms with Crippen molar-refractivity contribution in [1.82, 2.24) is 10.2 Å². The first-order valence-electron chi connectivity index (χ1n) is 7.15. The van der Waals surface area contributed by atoms with Gasteiger partial charge < -0.3 is 15.0 Å². The van der Waals surface area contributed by atoms with Crippen molar-refractivity contribution in [2.24, 2.45) is 5.92 Å². The molecule has 0 bridgehead atoms. The fraction of sp³-hybridized carbons (Fsp3) is 1.00. The molecule has 0 saturated carbocycles. The maximum absolute atomic E-state index is 5.27. The summed E-state index contributed by atoms with van der Waals surface area (Å²) in [5.41, 5.74) is 0. The lowest BCUT2D eigenvalue weighted by molar-refractivity contribution is 0.106. The maximum Gasteiger partial charge on any atom is 0.0667 e. The Kier molecular flexibility index (Phi) is 7.09. The van der Waals surface area contributed by atoms with E-state index < -0.39 is 0 Å². The van der Waals surface area contributed by atoms with E-state index in [-0.39, 0.29) is 0 Å². The zero-order valence-corrected chi connectivity index (χ0v) is 12.0. The number of nitrogens with zero attached hydrogens (tertiary/aromatic N) is 1. The predicted octanol–water partition coefficient (Wildman–Crippen LogP) is 2.12. The fourth-order valence-corrected chi connectivity index (χ4v) is 2.59. The molecule has 3 nitrogen and oxygen atoms in total. The number of likely N-dealkylation sites (tertiary alicyclic amines) is 1. The lowest BCUT2D eigenvalue weighted by Gasteiger charge is -2.35. The van der Waals surface area contributed by atoms with Crippen LogP contribution in [-0.2, 0) is 4.74 Å². The van der Waals surface area contributed by atoms with Gasteiger partial charge in [0.05, 0.1) is 6.10 Å². The predicted molar refractivity (Wildman–Crippen MR) is 73.4 cm³/mol. The maximum atomic E-state index is 5.27. The number of hydrogen-bond acceptors (Lipinski definition) is 3. The molecular formula is C14H30N2O. The van der Waals surface area contributed by atoms with Gasteiger partial charge >= 0.3 is 0 Å². The molecule has 0 spiro atoms. The highest BCUT2D eigenvalue weighted by atomic mass is 16.5. The van der Waals surface area contributed by atoms with Crippen LogP contribution < -0.4 is 5.32 Å². The standard InChI is InChI=1S/C14H30N2O/c1-5-8-16-9-6-14(7-10-16)13(3)15-11-12(2)17-4/h12-15H,5-11H2,1-4H3. The van der Waals surface area contributed by atoms with E-state index in [4.69, 9.17) is 4.74 Å². The lowest BCUT2D eigenvalue weighted by atomic mass is 9.90. The van der Waals surface area contributed by atoms with Crippen molar-refractivity contribution in [3.8, 4) is 0 Å². The minimum atomic E-state index is 0.317. The Morgan fingerprint density at radius 3 is 2.47 bits per heavy atom. The van der Waals surface area contributed by atoms with Crippen LogP contribution in [0.3, 0.4) is 0 Å². The van der Waals surface area contributed by atoms with Crippen molar-refractivity contribution in [3.05, 3.63) is 0 Å². The van der Waals surface area contributed by atoms with E-state index in [2.05, 4.69) is 31.0 Å². The second-order valence-corrected chi connectivity index (χ2v) is 5.42. The van der Waals surface area contributed by atoms with Crippen LogP contribution in [-0.4, -0.2) is 50.3 Å². The van der Waals surface area contributed by atoms with E-state index >= 15 is 0 Å². The molecule has 2 atom stereocenters. The largest absolute Gasteiger partial charge is 0.380 e. The second kappa shape index (κ2) is 8.06. The molecule has 1 heterocycles. The summed E-state index contributed by atoms with van der Waals surface area (Å²) in [6.07, 6.45) is 4.28. The monoisotopic (exact) mass is 242 g/mol. The van der Waals surface area contributed by atoms with Crippen LogP contribution in [0, 0.1) is 5.92 Å². The molecule has 0 aromatic heterocycles. The Morgan fingerprint density at radius 1 is 1.29 bits per heavy atom. The molecule has 3 heteroatoms. The minimum Gasteiger partial charge on any atom is -0.380 e. The van der Waals surface area contributed by atoms with Gasteiger partial charge in [0, 0.05) is 19.7 Å². The van der Waals surface area contributed by atoms with Gasteiger partial charge in [0.15, 0.2) is 0 Å². The molecule has 1 aliphatic rings. The van der Waals surface area contributed by atoms with Crippen LogP contribution >= 0.6 is 0 Å². The highest BCUT2D eigenvalue weighted by Crippen LogP contribution is 2.20. The average Bonchev–Trinajstić information content (AvgIpc) is 2.36. The molecule has 0 radical (unpaired) electrons. The Balaban J connectivity index is 2.19. The highest BCUT2D eigenvalue weighted by Gasteiger charge is 2.23. The van der Waals surface area contributed by atoms with Gasteiger partial charge in [0.1, 0.15) is 0 Å². The topological polar surface area (TPSA) is 24.5 Å². The summed E-state index contributed by atoms with van der Waals surface area (Å²) in [6, 6.07) is 0.622. The normalized spacial score (nSPS) is 22.6. The minimum absolute atomic E-state index is 0.317. The average molecular weight is 242 g/mol. The molecule has 1 fully saturated rings. The van der Waals surface area contributed by atoms with Gasteiger partial charge in [-0.2, -0.15) is 0 Å². The number of methoxy groups -OCH3 is 1. The third-order valence-electron chi connectivity index (χ3n) is 4.01. The molecule has 17 heavy (non-hydrogen) atoms. The van der Waals surface area contributed by atoms with E-state index in [0.717, 1.165) is 12.5 Å². The molecule has 1 N–H and O–H groups in total. The summed E-state index contributed by atoms with van der Waals surface area (Å²) in [5, 5.41) is 3.61. The molecule has 102 valence electrons. The lowest BCUT2D eigenvalue weighted by Crippen LogP contribution is -2.43. The van der Waals surface area contributed by atoms with Crippen molar-refractivity contribution in [1.29, 1.82) is 0 Å². The van der Waals surface area contributed by atoms with Crippen LogP contribution in [0.2, 0.25) is 0 Å². The number of piperidine rings is 1. The first kappa shape index (κ1) is 14.9. The van der Waals surface area contributed by atoms with Crippen molar-refractivity contribution >= 4 is 0 Å². The molecule has 1 saturated heterocycles. The molecule has 1 aliphatic heterocycles. The van der Waals surface area contributed by atoms with E-state index in [1.54, 1.807) is 7.11 Å². The first-order valence-corrected chi connectivity index (χ1v) is 7.15. The summed E-state index contributed by atoms with van der Waals surface area (Å²) in [5.74, 6) is 0.840. The number of hydrogen-bond donors (Lipinski definition) is 1. The van der Waals surface area contributed by atoms with Gasteiger partial charge in [0.2, 0.25) is 0 Å². The summed E-state index contributed by atoms with van der Waals surface area (Å²) in [4.78, 5) is 2.60. The summed E-state index contributed by atoms with van der Waals surface area (Å²) in [6.45, 7) is 11.5. The van der Waals surface area contributed by atoms with E-state index in [1.807, 2.05) is 0 Å². The van der Waals surface area contributed by atoms with Gasteiger partial charge in [-0.25, -0.2) is 0 Å². The molecule has 0 aromatic carbocycles. The van der Waals surface area contributed by atoms with Gasteiger partial charge in [-0.1, -0.05) is 6.92 Å². The zero-order valence-electron chi connectivity index (χ0n) is 12.0. The number of nitrogens with one attached hydrogen (secondary N) is 1. The van der Waals surface area contributed by atoms with Crippen molar-refractivity contribution < 1.29 is 4.74 Å². The zero-order chi connectivity index (χ0) is 12.7. The van der Waals surface area contributed by atoms with Crippen LogP contribution in [0.1, 0.15) is 40.0 Å². The van der Waals surface area contributed by atoms with Gasteiger partial charge in [-0.15, -0.1) is 0 Å². The number of ether oxygens (including phenoxy) is 1. The smallest absolute Gasteiger partial charge is 0.0667 e. The summed E-state index contributed by atoms with van der Waals surface area (Å²) < 4.78 is 5.27. The van der Waals surface area contributed by atoms with E-state index in [9.17, 15) is 0 Å². The SMILES string of the molecule is CCCN1CCC(C(C)NCC(C)OC)CC1. The van der Waals surface area contributed by atoms with Crippen LogP contribution in [0.5, 0.6) is 0 Å². The summed E-state index contributed by atoms with van der Waals surface area (Å²) >= 11 is 0.